The average molecular weight is 248 g/mol. The highest BCUT2D eigenvalue weighted by Gasteiger charge is 2.21. The van der Waals surface area contributed by atoms with Gasteiger partial charge in [-0.2, -0.15) is 0 Å². The first-order chi connectivity index (χ1) is 8.58. The second-order valence-corrected chi connectivity index (χ2v) is 5.24. The highest BCUT2D eigenvalue weighted by molar-refractivity contribution is 5.99. The van der Waals surface area contributed by atoms with Crippen molar-refractivity contribution in [3.8, 4) is 0 Å². The molecule has 0 amide bonds. The van der Waals surface area contributed by atoms with Crippen molar-refractivity contribution in [3.05, 3.63) is 34.4 Å². The molecule has 1 aromatic rings. The monoisotopic (exact) mass is 248 g/mol. The van der Waals surface area contributed by atoms with E-state index in [1.54, 1.807) is 0 Å². The number of ketones is 1. The van der Waals surface area contributed by atoms with Crippen molar-refractivity contribution < 1.29 is 14.4 Å². The van der Waals surface area contributed by atoms with Gasteiger partial charge in [0.05, 0.1) is 13.2 Å². The lowest BCUT2D eigenvalue weighted by atomic mass is 9.96. The zero-order valence-electron chi connectivity index (χ0n) is 11.5. The van der Waals surface area contributed by atoms with E-state index in [1.807, 2.05) is 13.8 Å². The van der Waals surface area contributed by atoms with Crippen LogP contribution in [0.4, 0.5) is 0 Å². The Morgan fingerprint density at radius 1 is 1.17 bits per heavy atom. The topological polar surface area (TPSA) is 30.7 Å². The minimum Gasteiger partial charge on any atom is -0.370 e. The van der Waals surface area contributed by atoms with Gasteiger partial charge in [-0.3, -0.25) is 4.79 Å². The first-order valence-corrected chi connectivity index (χ1v) is 6.60. The summed E-state index contributed by atoms with van der Waals surface area (Å²) in [6.45, 7) is 10.1. The standard InChI is InChI=1S/C15H21NO2/c1-11-8-12(2)15(13(3)9-11)14(17)10-16-4-6-18-7-5-16/h8-9H,4-7,10H2,1-3H3/p+1. The molecule has 0 aromatic heterocycles. The molecular weight excluding hydrogens is 226 g/mol. The SMILES string of the molecule is Cc1cc(C)c(C(=O)C[NH+]2CCOCC2)c(C)c1. The van der Waals surface area contributed by atoms with Gasteiger partial charge in [-0.15, -0.1) is 0 Å². The van der Waals surface area contributed by atoms with E-state index in [-0.39, 0.29) is 5.78 Å². The van der Waals surface area contributed by atoms with E-state index in [9.17, 15) is 4.79 Å². The molecule has 3 nitrogen and oxygen atoms in total. The maximum Gasteiger partial charge on any atom is 0.217 e. The number of rotatable bonds is 3. The van der Waals surface area contributed by atoms with E-state index in [1.165, 1.54) is 10.5 Å². The third-order valence-electron chi connectivity index (χ3n) is 3.57. The number of hydrogen-bond donors (Lipinski definition) is 1. The van der Waals surface area contributed by atoms with Gasteiger partial charge >= 0.3 is 0 Å². The van der Waals surface area contributed by atoms with Gasteiger partial charge in [0, 0.05) is 5.56 Å². The summed E-state index contributed by atoms with van der Waals surface area (Å²) in [5.74, 6) is 0.266. The molecule has 1 N–H and O–H groups in total. The van der Waals surface area contributed by atoms with E-state index in [0.29, 0.717) is 6.54 Å². The van der Waals surface area contributed by atoms with Crippen LogP contribution in [-0.2, 0) is 4.74 Å². The van der Waals surface area contributed by atoms with Gasteiger partial charge < -0.3 is 9.64 Å². The molecule has 0 unspecified atom stereocenters. The van der Waals surface area contributed by atoms with E-state index in [2.05, 4.69) is 19.1 Å². The largest absolute Gasteiger partial charge is 0.370 e. The van der Waals surface area contributed by atoms with Crippen molar-refractivity contribution >= 4 is 5.78 Å². The molecule has 0 radical (unpaired) electrons. The number of carbonyl (C=O) groups excluding carboxylic acids is 1. The molecule has 1 fully saturated rings. The molecule has 98 valence electrons. The number of quaternary nitrogens is 1. The molecule has 1 aliphatic rings. The number of hydrogen-bond acceptors (Lipinski definition) is 2. The van der Waals surface area contributed by atoms with Crippen molar-refractivity contribution in [2.75, 3.05) is 32.8 Å². The molecular formula is C15H22NO2+. The van der Waals surface area contributed by atoms with E-state index >= 15 is 0 Å². The smallest absolute Gasteiger partial charge is 0.217 e. The van der Waals surface area contributed by atoms with E-state index in [4.69, 9.17) is 4.74 Å². The summed E-state index contributed by atoms with van der Waals surface area (Å²) in [5.41, 5.74) is 4.34. The van der Waals surface area contributed by atoms with Crippen LogP contribution in [0.25, 0.3) is 0 Å². The van der Waals surface area contributed by atoms with Gasteiger partial charge in [0.25, 0.3) is 0 Å². The number of morpholine rings is 1. The fourth-order valence-corrected chi connectivity index (χ4v) is 2.77. The molecule has 0 atom stereocenters. The molecule has 0 saturated carbocycles. The Labute approximate surface area is 109 Å². The average Bonchev–Trinajstić information content (AvgIpc) is 2.28. The van der Waals surface area contributed by atoms with Crippen molar-refractivity contribution in [2.24, 2.45) is 0 Å². The molecule has 0 spiro atoms. The summed E-state index contributed by atoms with van der Waals surface area (Å²) in [5, 5.41) is 0. The van der Waals surface area contributed by atoms with Gasteiger partial charge in [-0.25, -0.2) is 0 Å². The Balaban J connectivity index is 2.13. The molecule has 0 aliphatic carbocycles. The summed E-state index contributed by atoms with van der Waals surface area (Å²) in [6.07, 6.45) is 0. The van der Waals surface area contributed by atoms with Gasteiger partial charge in [-0.1, -0.05) is 17.7 Å². The molecule has 1 aliphatic heterocycles. The summed E-state index contributed by atoms with van der Waals surface area (Å²) >= 11 is 0. The van der Waals surface area contributed by atoms with Crippen LogP contribution in [0.3, 0.4) is 0 Å². The van der Waals surface area contributed by atoms with E-state index < -0.39 is 0 Å². The van der Waals surface area contributed by atoms with Crippen LogP contribution >= 0.6 is 0 Å². The summed E-state index contributed by atoms with van der Waals surface area (Å²) in [6, 6.07) is 4.18. The quantitative estimate of drug-likeness (QED) is 0.799. The Kier molecular flexibility index (Phi) is 4.15. The summed E-state index contributed by atoms with van der Waals surface area (Å²) in [4.78, 5) is 13.7. The van der Waals surface area contributed by atoms with Crippen LogP contribution in [0.5, 0.6) is 0 Å². The fourth-order valence-electron chi connectivity index (χ4n) is 2.77. The molecule has 3 heteroatoms. The Bertz CT molecular complexity index is 425. The molecule has 1 aromatic carbocycles. The molecule has 2 rings (SSSR count). The first kappa shape index (κ1) is 13.2. The molecule has 18 heavy (non-hydrogen) atoms. The Morgan fingerprint density at radius 2 is 1.72 bits per heavy atom. The summed E-state index contributed by atoms with van der Waals surface area (Å²) in [7, 11) is 0. The molecule has 0 bridgehead atoms. The van der Waals surface area contributed by atoms with Crippen molar-refractivity contribution in [2.45, 2.75) is 20.8 Å². The number of carbonyl (C=O) groups is 1. The summed E-state index contributed by atoms with van der Waals surface area (Å²) < 4.78 is 5.32. The number of benzene rings is 1. The predicted molar refractivity (Wildman–Crippen MR) is 71.4 cm³/mol. The zero-order chi connectivity index (χ0) is 13.1. The van der Waals surface area contributed by atoms with Crippen LogP contribution < -0.4 is 4.90 Å². The minimum atomic E-state index is 0.266. The molecule has 1 heterocycles. The first-order valence-electron chi connectivity index (χ1n) is 6.60. The maximum absolute atomic E-state index is 12.4. The van der Waals surface area contributed by atoms with Crippen LogP contribution in [0.15, 0.2) is 12.1 Å². The van der Waals surface area contributed by atoms with Crippen molar-refractivity contribution in [1.82, 2.24) is 0 Å². The maximum atomic E-state index is 12.4. The van der Waals surface area contributed by atoms with Crippen LogP contribution in [0.1, 0.15) is 27.0 Å². The second-order valence-electron chi connectivity index (χ2n) is 5.24. The normalized spacial score (nSPS) is 16.8. The van der Waals surface area contributed by atoms with E-state index in [0.717, 1.165) is 43.0 Å². The number of ether oxygens (including phenoxy) is 1. The minimum absolute atomic E-state index is 0.266. The lowest BCUT2D eigenvalue weighted by molar-refractivity contribution is -0.899. The molecule has 1 saturated heterocycles. The van der Waals surface area contributed by atoms with Crippen LogP contribution in [-0.4, -0.2) is 38.6 Å². The third-order valence-corrected chi connectivity index (χ3v) is 3.57. The van der Waals surface area contributed by atoms with Crippen molar-refractivity contribution in [1.29, 1.82) is 0 Å². The van der Waals surface area contributed by atoms with Gasteiger partial charge in [-0.05, 0) is 31.9 Å². The van der Waals surface area contributed by atoms with Crippen LogP contribution in [0.2, 0.25) is 0 Å². The number of aryl methyl sites for hydroxylation is 3. The van der Waals surface area contributed by atoms with Gasteiger partial charge in [0.1, 0.15) is 19.6 Å². The fraction of sp³-hybridized carbons (Fsp3) is 0.533. The highest BCUT2D eigenvalue weighted by atomic mass is 16.5. The second kappa shape index (κ2) is 5.63. The predicted octanol–water partition coefficient (Wildman–Crippen LogP) is 0.710. The Hall–Kier alpha value is -1.19. The highest BCUT2D eigenvalue weighted by Crippen LogP contribution is 2.16. The lowest BCUT2D eigenvalue weighted by Gasteiger charge is -2.23. The number of nitrogens with one attached hydrogen (secondary N) is 1. The number of Topliss-reactive ketones (excluding diaryl/α,β-unsaturated/α-hetero) is 1. The van der Waals surface area contributed by atoms with Crippen molar-refractivity contribution in [3.63, 3.8) is 0 Å². The zero-order valence-corrected chi connectivity index (χ0v) is 11.5. The van der Waals surface area contributed by atoms with Crippen LogP contribution in [0, 0.1) is 20.8 Å². The van der Waals surface area contributed by atoms with Gasteiger partial charge in [0.15, 0.2) is 0 Å². The van der Waals surface area contributed by atoms with Gasteiger partial charge in [0.2, 0.25) is 5.78 Å². The third kappa shape index (κ3) is 2.98. The lowest BCUT2D eigenvalue weighted by Crippen LogP contribution is -3.14. The Morgan fingerprint density at radius 3 is 2.28 bits per heavy atom.